The first-order valence-electron chi connectivity index (χ1n) is 4.58. The van der Waals surface area contributed by atoms with E-state index in [1.54, 1.807) is 0 Å². The zero-order valence-electron chi connectivity index (χ0n) is 7.02. The van der Waals surface area contributed by atoms with E-state index in [0.29, 0.717) is 6.54 Å². The monoisotopic (exact) mass is 176 g/mol. The van der Waals surface area contributed by atoms with Crippen LogP contribution in [0.2, 0.25) is 0 Å². The molecule has 0 aromatic heterocycles. The van der Waals surface area contributed by atoms with Gasteiger partial charge in [-0.1, -0.05) is 0 Å². The fourth-order valence-electron chi connectivity index (χ4n) is 1.89. The molecule has 0 saturated carbocycles. The van der Waals surface area contributed by atoms with Crippen LogP contribution in [-0.2, 0) is 0 Å². The van der Waals surface area contributed by atoms with Crippen molar-refractivity contribution < 1.29 is 8.78 Å². The molecule has 2 nitrogen and oxygen atoms in total. The lowest BCUT2D eigenvalue weighted by atomic mass is 10.0. The Balaban J connectivity index is 1.91. The summed E-state index contributed by atoms with van der Waals surface area (Å²) >= 11 is 0. The highest BCUT2D eigenvalue weighted by atomic mass is 19.3. The normalized spacial score (nSPS) is 36.0. The van der Waals surface area contributed by atoms with E-state index in [1.165, 1.54) is 4.90 Å². The Morgan fingerprint density at radius 3 is 2.58 bits per heavy atom. The quantitative estimate of drug-likeness (QED) is 0.607. The molecule has 0 radical (unpaired) electrons. The van der Waals surface area contributed by atoms with E-state index in [1.807, 2.05) is 0 Å². The molecule has 0 bridgehead atoms. The highest BCUT2D eigenvalue weighted by Crippen LogP contribution is 2.36. The number of likely N-dealkylation sites (tertiary alicyclic amines) is 1. The Bertz CT molecular complexity index is 166. The van der Waals surface area contributed by atoms with E-state index in [9.17, 15) is 8.78 Å². The topological polar surface area (TPSA) is 15.3 Å². The molecule has 2 aliphatic rings. The summed E-state index contributed by atoms with van der Waals surface area (Å²) in [6.07, 6.45) is 3.03. The first kappa shape index (κ1) is 8.38. The van der Waals surface area contributed by atoms with E-state index in [2.05, 4.69) is 5.32 Å². The van der Waals surface area contributed by atoms with Gasteiger partial charge in [0.25, 0.3) is 0 Å². The van der Waals surface area contributed by atoms with Gasteiger partial charge in [0, 0.05) is 13.0 Å². The predicted molar refractivity (Wildman–Crippen MR) is 41.9 cm³/mol. The highest BCUT2D eigenvalue weighted by molar-refractivity contribution is 4.87. The van der Waals surface area contributed by atoms with E-state index < -0.39 is 6.05 Å². The molecule has 0 amide bonds. The van der Waals surface area contributed by atoms with Crippen LogP contribution in [0.3, 0.4) is 0 Å². The third-order valence-corrected chi connectivity index (χ3v) is 2.73. The molecule has 1 unspecified atom stereocenters. The van der Waals surface area contributed by atoms with Crippen LogP contribution < -0.4 is 5.32 Å². The summed E-state index contributed by atoms with van der Waals surface area (Å²) in [7, 11) is 0. The Labute approximate surface area is 70.9 Å². The van der Waals surface area contributed by atoms with E-state index in [-0.39, 0.29) is 12.6 Å². The van der Waals surface area contributed by atoms with Crippen molar-refractivity contribution in [3.8, 4) is 0 Å². The molecule has 2 fully saturated rings. The maximum atomic E-state index is 12.9. The molecule has 2 saturated heterocycles. The van der Waals surface area contributed by atoms with Crippen molar-refractivity contribution in [1.29, 1.82) is 0 Å². The summed E-state index contributed by atoms with van der Waals surface area (Å²) in [5, 5.41) is 3.12. The third kappa shape index (κ3) is 1.33. The van der Waals surface area contributed by atoms with Crippen molar-refractivity contribution in [2.24, 2.45) is 0 Å². The lowest BCUT2D eigenvalue weighted by Crippen LogP contribution is -2.63. The molecule has 0 spiro atoms. The van der Waals surface area contributed by atoms with Gasteiger partial charge in [-0.05, 0) is 25.8 Å². The van der Waals surface area contributed by atoms with Crippen molar-refractivity contribution in [2.75, 3.05) is 13.1 Å². The van der Waals surface area contributed by atoms with Gasteiger partial charge in [0.1, 0.15) is 0 Å². The van der Waals surface area contributed by atoms with Crippen LogP contribution in [0.1, 0.15) is 25.7 Å². The third-order valence-electron chi connectivity index (χ3n) is 2.73. The Kier molecular flexibility index (Phi) is 2.04. The Hall–Kier alpha value is -0.220. The molecular weight excluding hydrogens is 162 g/mol. The molecule has 4 heteroatoms. The summed E-state index contributed by atoms with van der Waals surface area (Å²) < 4.78 is 25.7. The van der Waals surface area contributed by atoms with Gasteiger partial charge in [-0.25, -0.2) is 4.90 Å². The second-order valence-electron chi connectivity index (χ2n) is 3.57. The maximum Gasteiger partial charge on any atom is 0.307 e. The molecule has 2 rings (SSSR count). The fraction of sp³-hybridized carbons (Fsp3) is 1.00. The zero-order valence-corrected chi connectivity index (χ0v) is 7.02. The van der Waals surface area contributed by atoms with Crippen molar-refractivity contribution in [2.45, 2.75) is 37.9 Å². The van der Waals surface area contributed by atoms with Gasteiger partial charge in [0.2, 0.25) is 0 Å². The molecule has 1 atom stereocenters. The number of hydrogen-bond donors (Lipinski definition) is 1. The van der Waals surface area contributed by atoms with Gasteiger partial charge in [-0.3, -0.25) is 0 Å². The molecule has 1 N–H and O–H groups in total. The summed E-state index contributed by atoms with van der Waals surface area (Å²) in [5.74, 6) is 0. The minimum Gasteiger partial charge on any atom is -0.302 e. The molecule has 12 heavy (non-hydrogen) atoms. The van der Waals surface area contributed by atoms with Crippen molar-refractivity contribution in [1.82, 2.24) is 10.2 Å². The molecule has 2 aliphatic heterocycles. The van der Waals surface area contributed by atoms with Crippen LogP contribution in [0.25, 0.3) is 0 Å². The zero-order chi connectivity index (χ0) is 8.60. The minimum atomic E-state index is -2.53. The number of hydrogen-bond acceptors (Lipinski definition) is 2. The first-order valence-corrected chi connectivity index (χ1v) is 4.58. The summed E-state index contributed by atoms with van der Waals surface area (Å²) in [4.78, 5) is 1.28. The maximum absolute atomic E-state index is 12.9. The van der Waals surface area contributed by atoms with Crippen molar-refractivity contribution in [3.63, 3.8) is 0 Å². The van der Waals surface area contributed by atoms with Crippen molar-refractivity contribution in [3.05, 3.63) is 0 Å². The first-order chi connectivity index (χ1) is 5.70. The molecule has 0 aliphatic carbocycles. The average molecular weight is 176 g/mol. The molecule has 70 valence electrons. The summed E-state index contributed by atoms with van der Waals surface area (Å²) in [5.41, 5.74) is 0. The minimum absolute atomic E-state index is 0.0329. The SMILES string of the molecule is FC1(F)CCN1C1CCCCN1. The Morgan fingerprint density at radius 1 is 1.33 bits per heavy atom. The number of halogens is 2. The van der Waals surface area contributed by atoms with E-state index in [0.717, 1.165) is 25.8 Å². The van der Waals surface area contributed by atoms with Crippen LogP contribution in [0, 0.1) is 0 Å². The molecular formula is C8H14F2N2. The second-order valence-corrected chi connectivity index (χ2v) is 3.57. The molecule has 0 aromatic carbocycles. The standard InChI is InChI=1S/C8H14F2N2/c9-8(10)4-6-12(8)7-3-1-2-5-11-7/h7,11H,1-6H2. The van der Waals surface area contributed by atoms with Gasteiger partial charge >= 0.3 is 6.05 Å². The van der Waals surface area contributed by atoms with Crippen LogP contribution in [0.5, 0.6) is 0 Å². The molecule has 2 heterocycles. The molecule has 0 aromatic rings. The van der Waals surface area contributed by atoms with Gasteiger partial charge < -0.3 is 5.32 Å². The van der Waals surface area contributed by atoms with E-state index >= 15 is 0 Å². The van der Waals surface area contributed by atoms with Crippen molar-refractivity contribution >= 4 is 0 Å². The number of rotatable bonds is 1. The predicted octanol–water partition coefficient (Wildman–Crippen LogP) is 1.38. The van der Waals surface area contributed by atoms with Crippen LogP contribution in [0.4, 0.5) is 8.78 Å². The van der Waals surface area contributed by atoms with Gasteiger partial charge in [-0.2, -0.15) is 8.78 Å². The second kappa shape index (κ2) is 2.92. The highest BCUT2D eigenvalue weighted by Gasteiger charge is 2.49. The number of nitrogens with zero attached hydrogens (tertiary/aromatic N) is 1. The fourth-order valence-corrected chi connectivity index (χ4v) is 1.89. The summed E-state index contributed by atoms with van der Waals surface area (Å²) in [6, 6.07) is -2.53. The average Bonchev–Trinajstić information content (AvgIpc) is 2.05. The summed E-state index contributed by atoms with van der Waals surface area (Å²) in [6.45, 7) is 1.43. The lowest BCUT2D eigenvalue weighted by Gasteiger charge is -2.46. The smallest absolute Gasteiger partial charge is 0.302 e. The number of piperidine rings is 1. The largest absolute Gasteiger partial charge is 0.307 e. The Morgan fingerprint density at radius 2 is 2.17 bits per heavy atom. The van der Waals surface area contributed by atoms with Crippen LogP contribution in [-0.4, -0.2) is 30.2 Å². The van der Waals surface area contributed by atoms with Crippen LogP contribution in [0.15, 0.2) is 0 Å². The van der Waals surface area contributed by atoms with E-state index in [4.69, 9.17) is 0 Å². The van der Waals surface area contributed by atoms with Gasteiger partial charge in [0.15, 0.2) is 0 Å². The van der Waals surface area contributed by atoms with Gasteiger partial charge in [0.05, 0.1) is 6.17 Å². The van der Waals surface area contributed by atoms with Crippen LogP contribution >= 0.6 is 0 Å². The van der Waals surface area contributed by atoms with Gasteiger partial charge in [-0.15, -0.1) is 0 Å². The lowest BCUT2D eigenvalue weighted by molar-refractivity contribution is -0.240. The number of alkyl halides is 2. The number of nitrogens with one attached hydrogen (secondary N) is 1.